The lowest BCUT2D eigenvalue weighted by Crippen LogP contribution is -2.42. The number of aromatic nitrogens is 3. The Morgan fingerprint density at radius 3 is 2.73 bits per heavy atom. The van der Waals surface area contributed by atoms with Gasteiger partial charge in [-0.3, -0.25) is 14.9 Å². The number of benzene rings is 1. The van der Waals surface area contributed by atoms with Crippen molar-refractivity contribution in [3.8, 4) is 0 Å². The minimum Gasteiger partial charge on any atom is -0.358 e. The molecule has 138 valence electrons. The van der Waals surface area contributed by atoms with Gasteiger partial charge in [0.1, 0.15) is 12.9 Å². The molecule has 2 aromatic rings. The molecule has 0 spiro atoms. The molecule has 26 heavy (non-hydrogen) atoms. The Hall–Kier alpha value is -2.41. The van der Waals surface area contributed by atoms with Gasteiger partial charge in [-0.15, -0.1) is 5.10 Å². The van der Waals surface area contributed by atoms with E-state index in [0.717, 1.165) is 37.7 Å². The molecule has 2 amide bonds. The smallest absolute Gasteiger partial charge is 0.248 e. The van der Waals surface area contributed by atoms with Gasteiger partial charge in [-0.25, -0.2) is 9.67 Å². The number of likely N-dealkylation sites (N-methyl/N-ethyl adjacent to an activating group) is 1. The van der Waals surface area contributed by atoms with Gasteiger partial charge in [0.05, 0.1) is 5.41 Å². The van der Waals surface area contributed by atoms with E-state index in [1.807, 2.05) is 24.3 Å². The quantitative estimate of drug-likeness (QED) is 0.840. The van der Waals surface area contributed by atoms with Gasteiger partial charge in [-0.2, -0.15) is 0 Å². The number of nitrogens with zero attached hydrogens (tertiary/aromatic N) is 3. The first-order valence-electron chi connectivity index (χ1n) is 8.71. The molecule has 1 aliphatic carbocycles. The summed E-state index contributed by atoms with van der Waals surface area (Å²) in [6, 6.07) is 7.50. The van der Waals surface area contributed by atoms with E-state index in [2.05, 4.69) is 20.7 Å². The summed E-state index contributed by atoms with van der Waals surface area (Å²) >= 11 is 6.16. The van der Waals surface area contributed by atoms with Crippen LogP contribution in [0, 0.1) is 0 Å². The van der Waals surface area contributed by atoms with E-state index in [-0.39, 0.29) is 24.3 Å². The minimum absolute atomic E-state index is 0.0544. The predicted octanol–water partition coefficient (Wildman–Crippen LogP) is 2.52. The number of carbonyl (C=O) groups is 2. The molecule has 1 aromatic carbocycles. The Bertz CT molecular complexity index is 798. The molecule has 0 radical (unpaired) electrons. The summed E-state index contributed by atoms with van der Waals surface area (Å²) in [6.45, 7) is 0.0544. The molecule has 1 aliphatic rings. The first-order chi connectivity index (χ1) is 12.5. The molecule has 3 rings (SSSR count). The highest BCUT2D eigenvalue weighted by Gasteiger charge is 2.41. The van der Waals surface area contributed by atoms with Gasteiger partial charge in [0.2, 0.25) is 17.8 Å². The van der Waals surface area contributed by atoms with Crippen LogP contribution in [0.2, 0.25) is 5.02 Å². The van der Waals surface area contributed by atoms with Gasteiger partial charge in [0, 0.05) is 12.1 Å². The molecular formula is C18H22ClN5O2. The van der Waals surface area contributed by atoms with E-state index >= 15 is 0 Å². The maximum absolute atomic E-state index is 13.2. The lowest BCUT2D eigenvalue weighted by molar-refractivity contribution is -0.123. The normalized spacial score (nSPS) is 16.1. The van der Waals surface area contributed by atoms with Crippen LogP contribution in [-0.4, -0.2) is 33.6 Å². The second-order valence-electron chi connectivity index (χ2n) is 6.55. The van der Waals surface area contributed by atoms with Gasteiger partial charge >= 0.3 is 0 Å². The van der Waals surface area contributed by atoms with E-state index in [4.69, 9.17) is 11.6 Å². The summed E-state index contributed by atoms with van der Waals surface area (Å²) in [5.41, 5.74) is 0.294. The van der Waals surface area contributed by atoms with Crippen LogP contribution >= 0.6 is 11.6 Å². The molecule has 2 N–H and O–H groups in total. The van der Waals surface area contributed by atoms with Gasteiger partial charge < -0.3 is 5.32 Å². The van der Waals surface area contributed by atoms with E-state index in [0.29, 0.717) is 5.02 Å². The fourth-order valence-corrected chi connectivity index (χ4v) is 3.65. The number of nitrogens with one attached hydrogen (secondary N) is 2. The van der Waals surface area contributed by atoms with Crippen LogP contribution in [0.4, 0.5) is 5.95 Å². The third-order valence-electron chi connectivity index (χ3n) is 4.87. The van der Waals surface area contributed by atoms with E-state index in [1.165, 1.54) is 11.0 Å². The summed E-state index contributed by atoms with van der Waals surface area (Å²) in [7, 11) is 1.56. The number of carbonyl (C=O) groups excluding carboxylic acids is 2. The lowest BCUT2D eigenvalue weighted by atomic mass is 9.68. The number of rotatable bonds is 5. The third kappa shape index (κ3) is 3.88. The molecule has 7 nitrogen and oxygen atoms in total. The molecule has 0 aliphatic heterocycles. The van der Waals surface area contributed by atoms with Crippen molar-refractivity contribution in [1.82, 2.24) is 20.1 Å². The highest BCUT2D eigenvalue weighted by molar-refractivity contribution is 6.30. The van der Waals surface area contributed by atoms with Crippen molar-refractivity contribution in [2.45, 2.75) is 44.1 Å². The largest absolute Gasteiger partial charge is 0.358 e. The van der Waals surface area contributed by atoms with Crippen LogP contribution < -0.4 is 10.6 Å². The molecule has 1 aromatic heterocycles. The average molecular weight is 376 g/mol. The van der Waals surface area contributed by atoms with Crippen molar-refractivity contribution >= 4 is 29.4 Å². The van der Waals surface area contributed by atoms with Crippen molar-refractivity contribution in [2.75, 3.05) is 12.4 Å². The molecular weight excluding hydrogens is 354 g/mol. The second-order valence-corrected chi connectivity index (χ2v) is 6.98. The van der Waals surface area contributed by atoms with Gasteiger partial charge in [0.25, 0.3) is 0 Å². The Morgan fingerprint density at radius 2 is 2.04 bits per heavy atom. The van der Waals surface area contributed by atoms with Crippen molar-refractivity contribution in [3.63, 3.8) is 0 Å². The maximum atomic E-state index is 13.2. The molecule has 0 atom stereocenters. The first kappa shape index (κ1) is 18.4. The number of hydrogen-bond acceptors (Lipinski definition) is 4. The Balaban J connectivity index is 1.81. The zero-order chi connectivity index (χ0) is 18.6. The van der Waals surface area contributed by atoms with Crippen LogP contribution in [0.3, 0.4) is 0 Å². The van der Waals surface area contributed by atoms with Crippen molar-refractivity contribution < 1.29 is 9.59 Å². The first-order valence-corrected chi connectivity index (χ1v) is 9.09. The topological polar surface area (TPSA) is 88.9 Å². The number of hydrogen-bond donors (Lipinski definition) is 2. The highest BCUT2D eigenvalue weighted by atomic mass is 35.5. The maximum Gasteiger partial charge on any atom is 0.248 e. The highest BCUT2D eigenvalue weighted by Crippen LogP contribution is 2.41. The van der Waals surface area contributed by atoms with Crippen molar-refractivity contribution in [3.05, 3.63) is 41.2 Å². The summed E-state index contributed by atoms with van der Waals surface area (Å²) in [5.74, 6) is -0.113. The van der Waals surface area contributed by atoms with Crippen LogP contribution in [-0.2, 0) is 21.5 Å². The summed E-state index contributed by atoms with van der Waals surface area (Å²) in [6.07, 6.45) is 6.04. The van der Waals surface area contributed by atoms with Crippen LogP contribution in [0.5, 0.6) is 0 Å². The Morgan fingerprint density at radius 1 is 1.27 bits per heavy atom. The van der Waals surface area contributed by atoms with Gasteiger partial charge in [-0.1, -0.05) is 43.0 Å². The summed E-state index contributed by atoms with van der Waals surface area (Å²) in [5, 5.41) is 10.1. The predicted molar refractivity (Wildman–Crippen MR) is 98.9 cm³/mol. The summed E-state index contributed by atoms with van der Waals surface area (Å²) in [4.78, 5) is 28.7. The molecule has 8 heteroatoms. The van der Waals surface area contributed by atoms with Crippen molar-refractivity contribution in [1.29, 1.82) is 0 Å². The molecule has 1 saturated carbocycles. The molecule has 0 bridgehead atoms. The van der Waals surface area contributed by atoms with Crippen LogP contribution in [0.25, 0.3) is 0 Å². The average Bonchev–Trinajstić information content (AvgIpc) is 3.08. The van der Waals surface area contributed by atoms with E-state index in [1.54, 1.807) is 7.05 Å². The lowest BCUT2D eigenvalue weighted by Gasteiger charge is -2.36. The molecule has 1 heterocycles. The minimum atomic E-state index is -0.630. The van der Waals surface area contributed by atoms with Crippen LogP contribution in [0.1, 0.15) is 37.7 Å². The molecule has 1 fully saturated rings. The fourth-order valence-electron chi connectivity index (χ4n) is 3.46. The standard InChI is InChI=1S/C18H22ClN5O2/c1-20-15(25)11-24-12-21-17(23-24)22-16(26)18(8-3-2-4-9-18)13-6-5-7-14(19)10-13/h5-7,10,12H,2-4,8-9,11H2,1H3,(H,20,25)(H,22,23,26). The number of anilines is 1. The van der Waals surface area contributed by atoms with Gasteiger partial charge in [-0.05, 0) is 30.5 Å². The van der Waals surface area contributed by atoms with E-state index < -0.39 is 5.41 Å². The van der Waals surface area contributed by atoms with Crippen molar-refractivity contribution in [2.24, 2.45) is 0 Å². The monoisotopic (exact) mass is 375 g/mol. The van der Waals surface area contributed by atoms with E-state index in [9.17, 15) is 9.59 Å². The third-order valence-corrected chi connectivity index (χ3v) is 5.10. The Labute approximate surface area is 157 Å². The molecule has 0 unspecified atom stereocenters. The SMILES string of the molecule is CNC(=O)Cn1cnc(NC(=O)C2(c3cccc(Cl)c3)CCCCC2)n1. The number of amides is 2. The second kappa shape index (κ2) is 7.86. The zero-order valence-corrected chi connectivity index (χ0v) is 15.4. The fraction of sp³-hybridized carbons (Fsp3) is 0.444. The summed E-state index contributed by atoms with van der Waals surface area (Å²) < 4.78 is 1.39. The van der Waals surface area contributed by atoms with Crippen LogP contribution in [0.15, 0.2) is 30.6 Å². The Kier molecular flexibility index (Phi) is 5.56. The van der Waals surface area contributed by atoms with Gasteiger partial charge in [0.15, 0.2) is 0 Å². The molecule has 0 saturated heterocycles. The number of halogens is 1. The zero-order valence-electron chi connectivity index (χ0n) is 14.7.